The Balaban J connectivity index is 1.45. The fraction of sp³-hybridized carbons (Fsp3) is 0.632. The van der Waals surface area contributed by atoms with E-state index in [1.54, 1.807) is 12.1 Å². The number of rotatable bonds is 3. The average molecular weight is 301 g/mol. The topological polar surface area (TPSA) is 29.1 Å². The van der Waals surface area contributed by atoms with Crippen LogP contribution in [-0.4, -0.2) is 12.5 Å². The standard InChI is InChI=1S/C19H24FNO/c1-18-7-13-6-14(8-18)10-19(9-13,11-18)12-21-17(22)15-2-4-16(20)5-3-15/h2-5,13-14H,6-12H2,1H3,(H,21,22)/t13-,14-,18?,19?/m1/s1. The van der Waals surface area contributed by atoms with Gasteiger partial charge in [-0.2, -0.15) is 0 Å². The maximum atomic E-state index is 13.0. The molecule has 2 atom stereocenters. The molecule has 4 bridgehead atoms. The lowest BCUT2D eigenvalue weighted by atomic mass is 9.44. The molecule has 0 aliphatic heterocycles. The van der Waals surface area contributed by atoms with E-state index in [9.17, 15) is 9.18 Å². The Kier molecular flexibility index (Phi) is 3.11. The molecule has 118 valence electrons. The first-order chi connectivity index (χ1) is 10.5. The minimum absolute atomic E-state index is 0.0686. The first kappa shape index (κ1) is 14.2. The van der Waals surface area contributed by atoms with Gasteiger partial charge in [0.05, 0.1) is 0 Å². The number of hydrogen-bond donors (Lipinski definition) is 1. The second-order valence-electron chi connectivity index (χ2n) is 8.46. The summed E-state index contributed by atoms with van der Waals surface area (Å²) in [6.07, 6.45) is 8.00. The van der Waals surface area contributed by atoms with Crippen molar-refractivity contribution in [1.29, 1.82) is 0 Å². The third kappa shape index (κ3) is 2.45. The van der Waals surface area contributed by atoms with Crippen molar-refractivity contribution in [3.8, 4) is 0 Å². The number of amides is 1. The number of carbonyl (C=O) groups is 1. The lowest BCUT2D eigenvalue weighted by molar-refractivity contribution is -0.0989. The fourth-order valence-electron chi connectivity index (χ4n) is 6.11. The van der Waals surface area contributed by atoms with Gasteiger partial charge >= 0.3 is 0 Å². The summed E-state index contributed by atoms with van der Waals surface area (Å²) >= 11 is 0. The Bertz CT molecular complexity index is 580. The molecule has 22 heavy (non-hydrogen) atoms. The maximum absolute atomic E-state index is 13.0. The van der Waals surface area contributed by atoms with Crippen LogP contribution in [0.15, 0.2) is 24.3 Å². The summed E-state index contributed by atoms with van der Waals surface area (Å²) in [7, 11) is 0. The number of benzene rings is 1. The highest BCUT2D eigenvalue weighted by Gasteiger charge is 2.55. The molecule has 5 rings (SSSR count). The molecule has 4 saturated carbocycles. The smallest absolute Gasteiger partial charge is 0.251 e. The molecule has 4 fully saturated rings. The summed E-state index contributed by atoms with van der Waals surface area (Å²) in [5, 5.41) is 3.13. The zero-order valence-corrected chi connectivity index (χ0v) is 13.2. The van der Waals surface area contributed by atoms with Crippen molar-refractivity contribution >= 4 is 5.91 Å². The first-order valence-electron chi connectivity index (χ1n) is 8.49. The predicted molar refractivity (Wildman–Crippen MR) is 84.0 cm³/mol. The number of halogens is 1. The molecule has 4 aliphatic rings. The van der Waals surface area contributed by atoms with Gasteiger partial charge in [0.15, 0.2) is 0 Å². The molecule has 1 aromatic rings. The summed E-state index contributed by atoms with van der Waals surface area (Å²) in [4.78, 5) is 12.3. The van der Waals surface area contributed by atoms with E-state index >= 15 is 0 Å². The van der Waals surface area contributed by atoms with Gasteiger partial charge in [-0.3, -0.25) is 4.79 Å². The van der Waals surface area contributed by atoms with E-state index < -0.39 is 0 Å². The van der Waals surface area contributed by atoms with Crippen molar-refractivity contribution in [2.24, 2.45) is 22.7 Å². The van der Waals surface area contributed by atoms with Crippen LogP contribution in [-0.2, 0) is 0 Å². The summed E-state index contributed by atoms with van der Waals surface area (Å²) in [5.74, 6) is 1.37. The second kappa shape index (κ2) is 4.81. The van der Waals surface area contributed by atoms with Crippen LogP contribution in [0, 0.1) is 28.5 Å². The molecule has 0 spiro atoms. The third-order valence-corrected chi connectivity index (χ3v) is 6.21. The summed E-state index contributed by atoms with van der Waals surface area (Å²) in [6, 6.07) is 5.82. The third-order valence-electron chi connectivity index (χ3n) is 6.21. The molecule has 1 aromatic carbocycles. The van der Waals surface area contributed by atoms with Crippen molar-refractivity contribution in [3.63, 3.8) is 0 Å². The Morgan fingerprint density at radius 1 is 1.18 bits per heavy atom. The van der Waals surface area contributed by atoms with E-state index in [-0.39, 0.29) is 11.7 Å². The van der Waals surface area contributed by atoms with Crippen molar-refractivity contribution in [2.75, 3.05) is 6.54 Å². The van der Waals surface area contributed by atoms with E-state index in [1.807, 2.05) is 0 Å². The molecule has 1 N–H and O–H groups in total. The zero-order chi connectivity index (χ0) is 15.4. The van der Waals surface area contributed by atoms with Gasteiger partial charge in [0, 0.05) is 12.1 Å². The molecule has 0 radical (unpaired) electrons. The zero-order valence-electron chi connectivity index (χ0n) is 13.2. The fourth-order valence-corrected chi connectivity index (χ4v) is 6.11. The van der Waals surface area contributed by atoms with Crippen LogP contribution in [0.4, 0.5) is 4.39 Å². The van der Waals surface area contributed by atoms with Crippen LogP contribution in [0.5, 0.6) is 0 Å². The Morgan fingerprint density at radius 2 is 1.82 bits per heavy atom. The van der Waals surface area contributed by atoms with E-state index in [0.29, 0.717) is 16.4 Å². The summed E-state index contributed by atoms with van der Waals surface area (Å²) in [6.45, 7) is 3.23. The van der Waals surface area contributed by atoms with Gasteiger partial charge in [0.1, 0.15) is 5.82 Å². The van der Waals surface area contributed by atoms with E-state index in [4.69, 9.17) is 0 Å². The van der Waals surface area contributed by atoms with E-state index in [0.717, 1.165) is 18.4 Å². The van der Waals surface area contributed by atoms with E-state index in [2.05, 4.69) is 12.2 Å². The normalized spacial score (nSPS) is 39.0. The minimum Gasteiger partial charge on any atom is -0.351 e. The van der Waals surface area contributed by atoms with Gasteiger partial charge < -0.3 is 5.32 Å². The van der Waals surface area contributed by atoms with Gasteiger partial charge in [-0.1, -0.05) is 6.92 Å². The van der Waals surface area contributed by atoms with Crippen LogP contribution < -0.4 is 5.32 Å². The molecule has 1 amide bonds. The highest BCUT2D eigenvalue weighted by atomic mass is 19.1. The molecule has 4 aliphatic carbocycles. The first-order valence-corrected chi connectivity index (χ1v) is 8.49. The van der Waals surface area contributed by atoms with Crippen molar-refractivity contribution in [2.45, 2.75) is 45.4 Å². The molecule has 3 heteroatoms. The number of carbonyl (C=O) groups excluding carboxylic acids is 1. The van der Waals surface area contributed by atoms with Gasteiger partial charge in [-0.25, -0.2) is 4.39 Å². The molecule has 0 aromatic heterocycles. The molecule has 0 unspecified atom stereocenters. The quantitative estimate of drug-likeness (QED) is 0.892. The monoisotopic (exact) mass is 301 g/mol. The summed E-state index contributed by atoms with van der Waals surface area (Å²) in [5.41, 5.74) is 1.37. The molecular weight excluding hydrogens is 277 g/mol. The van der Waals surface area contributed by atoms with Gasteiger partial charge in [-0.15, -0.1) is 0 Å². The summed E-state index contributed by atoms with van der Waals surface area (Å²) < 4.78 is 13.0. The maximum Gasteiger partial charge on any atom is 0.251 e. The lowest BCUT2D eigenvalue weighted by Gasteiger charge is -2.61. The van der Waals surface area contributed by atoms with E-state index in [1.165, 1.54) is 50.7 Å². The van der Waals surface area contributed by atoms with Crippen molar-refractivity contribution in [1.82, 2.24) is 5.32 Å². The Hall–Kier alpha value is -1.38. The Labute approximate surface area is 131 Å². The Morgan fingerprint density at radius 3 is 2.41 bits per heavy atom. The number of nitrogens with one attached hydrogen (secondary N) is 1. The van der Waals surface area contributed by atoms with Gasteiger partial charge in [-0.05, 0) is 85.5 Å². The van der Waals surface area contributed by atoms with Crippen LogP contribution in [0.1, 0.15) is 55.8 Å². The van der Waals surface area contributed by atoms with Crippen LogP contribution in [0.3, 0.4) is 0 Å². The van der Waals surface area contributed by atoms with Crippen LogP contribution >= 0.6 is 0 Å². The molecule has 0 saturated heterocycles. The molecular formula is C19H24FNO. The van der Waals surface area contributed by atoms with Crippen LogP contribution in [0.25, 0.3) is 0 Å². The molecule has 0 heterocycles. The second-order valence-corrected chi connectivity index (χ2v) is 8.46. The highest BCUT2D eigenvalue weighted by Crippen LogP contribution is 2.64. The molecule has 2 nitrogen and oxygen atoms in total. The average Bonchev–Trinajstić information content (AvgIpc) is 2.43. The van der Waals surface area contributed by atoms with Crippen LogP contribution in [0.2, 0.25) is 0 Å². The van der Waals surface area contributed by atoms with Gasteiger partial charge in [0.2, 0.25) is 0 Å². The van der Waals surface area contributed by atoms with Gasteiger partial charge in [0.25, 0.3) is 5.91 Å². The lowest BCUT2D eigenvalue weighted by Crippen LogP contribution is -2.54. The number of hydrogen-bond acceptors (Lipinski definition) is 1. The largest absolute Gasteiger partial charge is 0.351 e. The van der Waals surface area contributed by atoms with Crippen molar-refractivity contribution < 1.29 is 9.18 Å². The highest BCUT2D eigenvalue weighted by molar-refractivity contribution is 5.94. The predicted octanol–water partition coefficient (Wildman–Crippen LogP) is 4.16. The van der Waals surface area contributed by atoms with Crippen molar-refractivity contribution in [3.05, 3.63) is 35.6 Å². The SMILES string of the molecule is CC12C[C@H]3C[C@H](C1)CC(CNC(=O)c1ccc(F)cc1)(C3)C2. The minimum atomic E-state index is -0.300.